The molecule has 3 rings (SSSR count). The summed E-state index contributed by atoms with van der Waals surface area (Å²) in [6.45, 7) is 2.58. The summed E-state index contributed by atoms with van der Waals surface area (Å²) in [5.41, 5.74) is 1.94. The first-order chi connectivity index (χ1) is 11.6. The molecular formula is C19H20Cl2N2O. The van der Waals surface area contributed by atoms with Crippen molar-refractivity contribution in [2.45, 2.75) is 19.4 Å². The van der Waals surface area contributed by atoms with Gasteiger partial charge in [0.1, 0.15) is 0 Å². The maximum atomic E-state index is 12.4. The van der Waals surface area contributed by atoms with Gasteiger partial charge in [0.05, 0.1) is 0 Å². The van der Waals surface area contributed by atoms with Gasteiger partial charge in [0.25, 0.3) is 0 Å². The van der Waals surface area contributed by atoms with Crippen LogP contribution in [0.15, 0.2) is 48.5 Å². The van der Waals surface area contributed by atoms with Crippen molar-refractivity contribution in [3.8, 4) is 0 Å². The van der Waals surface area contributed by atoms with E-state index in [9.17, 15) is 4.79 Å². The first-order valence-electron chi connectivity index (χ1n) is 8.14. The molecule has 0 aromatic heterocycles. The van der Waals surface area contributed by atoms with E-state index in [4.69, 9.17) is 23.2 Å². The van der Waals surface area contributed by atoms with E-state index in [1.54, 1.807) is 6.07 Å². The highest BCUT2D eigenvalue weighted by Crippen LogP contribution is 2.25. The summed E-state index contributed by atoms with van der Waals surface area (Å²) in [4.78, 5) is 14.7. The number of para-hydroxylation sites is 1. The lowest BCUT2D eigenvalue weighted by molar-refractivity contribution is -0.121. The molecular weight excluding hydrogens is 343 g/mol. The molecule has 2 aromatic carbocycles. The SMILES string of the molecule is O=C(Nc1ccccc1)C1CCN(Cc2ccc(Cl)cc2Cl)CC1. The van der Waals surface area contributed by atoms with Crippen molar-refractivity contribution in [3.05, 3.63) is 64.1 Å². The van der Waals surface area contributed by atoms with Crippen molar-refractivity contribution in [3.63, 3.8) is 0 Å². The second-order valence-corrected chi connectivity index (χ2v) is 6.99. The highest BCUT2D eigenvalue weighted by molar-refractivity contribution is 6.35. The number of nitrogens with one attached hydrogen (secondary N) is 1. The van der Waals surface area contributed by atoms with E-state index in [1.165, 1.54) is 0 Å². The van der Waals surface area contributed by atoms with Gasteiger partial charge in [-0.1, -0.05) is 47.5 Å². The number of benzene rings is 2. The minimum atomic E-state index is 0.0714. The third kappa shape index (κ3) is 4.50. The molecule has 1 N–H and O–H groups in total. The molecule has 0 spiro atoms. The van der Waals surface area contributed by atoms with Crippen LogP contribution in [0.3, 0.4) is 0 Å². The van der Waals surface area contributed by atoms with Crippen LogP contribution in [0.5, 0.6) is 0 Å². The molecule has 0 saturated carbocycles. The topological polar surface area (TPSA) is 32.3 Å². The van der Waals surface area contributed by atoms with E-state index in [1.807, 2.05) is 42.5 Å². The zero-order chi connectivity index (χ0) is 16.9. The number of hydrogen-bond donors (Lipinski definition) is 1. The van der Waals surface area contributed by atoms with Crippen molar-refractivity contribution in [1.29, 1.82) is 0 Å². The number of carbonyl (C=O) groups excluding carboxylic acids is 1. The fourth-order valence-corrected chi connectivity index (χ4v) is 3.48. The average Bonchev–Trinajstić information content (AvgIpc) is 2.59. The Hall–Kier alpha value is -1.55. The van der Waals surface area contributed by atoms with E-state index in [0.717, 1.165) is 43.7 Å². The molecule has 1 heterocycles. The number of anilines is 1. The first kappa shape index (κ1) is 17.3. The van der Waals surface area contributed by atoms with Crippen LogP contribution in [0.1, 0.15) is 18.4 Å². The van der Waals surface area contributed by atoms with Gasteiger partial charge in [-0.2, -0.15) is 0 Å². The lowest BCUT2D eigenvalue weighted by Gasteiger charge is -2.31. The Balaban J connectivity index is 1.51. The van der Waals surface area contributed by atoms with Crippen LogP contribution in [0, 0.1) is 5.92 Å². The monoisotopic (exact) mass is 362 g/mol. The van der Waals surface area contributed by atoms with Gasteiger partial charge in [0.15, 0.2) is 0 Å². The largest absolute Gasteiger partial charge is 0.326 e. The van der Waals surface area contributed by atoms with Crippen LogP contribution >= 0.6 is 23.2 Å². The highest BCUT2D eigenvalue weighted by atomic mass is 35.5. The summed E-state index contributed by atoms with van der Waals surface area (Å²) in [5, 5.41) is 4.35. The third-order valence-electron chi connectivity index (χ3n) is 4.41. The van der Waals surface area contributed by atoms with Gasteiger partial charge in [-0.3, -0.25) is 9.69 Å². The van der Waals surface area contributed by atoms with Crippen LogP contribution in [0.2, 0.25) is 10.0 Å². The van der Waals surface area contributed by atoms with Crippen LogP contribution in [0.4, 0.5) is 5.69 Å². The quantitative estimate of drug-likeness (QED) is 0.843. The molecule has 0 atom stereocenters. The molecule has 1 aliphatic heterocycles. The molecule has 0 bridgehead atoms. The fourth-order valence-electron chi connectivity index (χ4n) is 3.01. The van der Waals surface area contributed by atoms with E-state index in [0.29, 0.717) is 10.0 Å². The third-order valence-corrected chi connectivity index (χ3v) is 5.00. The first-order valence-corrected chi connectivity index (χ1v) is 8.89. The van der Waals surface area contributed by atoms with Gasteiger partial charge < -0.3 is 5.32 Å². The maximum absolute atomic E-state index is 12.4. The van der Waals surface area contributed by atoms with Gasteiger partial charge in [-0.05, 0) is 55.8 Å². The second kappa shape index (κ2) is 8.02. The van der Waals surface area contributed by atoms with Crippen LogP contribution in [-0.4, -0.2) is 23.9 Å². The summed E-state index contributed by atoms with van der Waals surface area (Å²) >= 11 is 12.2. The van der Waals surface area contributed by atoms with Gasteiger partial charge in [0.2, 0.25) is 5.91 Å². The molecule has 24 heavy (non-hydrogen) atoms. The number of hydrogen-bond acceptors (Lipinski definition) is 2. The summed E-state index contributed by atoms with van der Waals surface area (Å²) in [6, 6.07) is 15.2. The number of halogens is 2. The Morgan fingerprint density at radius 1 is 1.08 bits per heavy atom. The van der Waals surface area contributed by atoms with Crippen molar-refractivity contribution < 1.29 is 4.79 Å². The van der Waals surface area contributed by atoms with E-state index in [-0.39, 0.29) is 11.8 Å². The van der Waals surface area contributed by atoms with E-state index >= 15 is 0 Å². The molecule has 5 heteroatoms. The van der Waals surface area contributed by atoms with Crippen molar-refractivity contribution in [2.75, 3.05) is 18.4 Å². The van der Waals surface area contributed by atoms with Crippen molar-refractivity contribution in [2.24, 2.45) is 5.92 Å². The Kier molecular flexibility index (Phi) is 5.77. The number of rotatable bonds is 4. The molecule has 1 aliphatic rings. The minimum Gasteiger partial charge on any atom is -0.326 e. The van der Waals surface area contributed by atoms with Gasteiger partial charge in [-0.15, -0.1) is 0 Å². The average molecular weight is 363 g/mol. The standard InChI is InChI=1S/C19H20Cl2N2O/c20-16-7-6-15(18(21)12-16)13-23-10-8-14(9-11-23)19(24)22-17-4-2-1-3-5-17/h1-7,12,14H,8-11,13H2,(H,22,24). The number of piperidine rings is 1. The smallest absolute Gasteiger partial charge is 0.227 e. The molecule has 0 aliphatic carbocycles. The summed E-state index contributed by atoms with van der Waals surface area (Å²) in [7, 11) is 0. The second-order valence-electron chi connectivity index (χ2n) is 6.14. The maximum Gasteiger partial charge on any atom is 0.227 e. The highest BCUT2D eigenvalue weighted by Gasteiger charge is 2.25. The lowest BCUT2D eigenvalue weighted by atomic mass is 9.95. The lowest BCUT2D eigenvalue weighted by Crippen LogP contribution is -2.37. The minimum absolute atomic E-state index is 0.0714. The zero-order valence-electron chi connectivity index (χ0n) is 13.3. The molecule has 3 nitrogen and oxygen atoms in total. The zero-order valence-corrected chi connectivity index (χ0v) is 14.9. The Labute approximate surface area is 152 Å². The predicted molar refractivity (Wildman–Crippen MR) is 99.5 cm³/mol. The van der Waals surface area contributed by atoms with Gasteiger partial charge in [-0.25, -0.2) is 0 Å². The summed E-state index contributed by atoms with van der Waals surface area (Å²) in [5.74, 6) is 0.188. The number of nitrogens with zero attached hydrogens (tertiary/aromatic N) is 1. The number of carbonyl (C=O) groups is 1. The van der Waals surface area contributed by atoms with Gasteiger partial charge >= 0.3 is 0 Å². The number of likely N-dealkylation sites (tertiary alicyclic amines) is 1. The normalized spacial score (nSPS) is 16.1. The predicted octanol–water partition coefficient (Wildman–Crippen LogP) is 4.84. The molecule has 1 saturated heterocycles. The fraction of sp³-hybridized carbons (Fsp3) is 0.316. The molecule has 1 fully saturated rings. The van der Waals surface area contributed by atoms with E-state index in [2.05, 4.69) is 10.2 Å². The summed E-state index contributed by atoms with van der Waals surface area (Å²) in [6.07, 6.45) is 1.73. The van der Waals surface area contributed by atoms with E-state index < -0.39 is 0 Å². The summed E-state index contributed by atoms with van der Waals surface area (Å²) < 4.78 is 0. The molecule has 2 aromatic rings. The molecule has 0 unspecified atom stereocenters. The molecule has 1 amide bonds. The van der Waals surface area contributed by atoms with Crippen LogP contribution in [-0.2, 0) is 11.3 Å². The Bertz CT molecular complexity index is 698. The Morgan fingerprint density at radius 2 is 1.79 bits per heavy atom. The molecule has 0 radical (unpaired) electrons. The number of amides is 1. The van der Waals surface area contributed by atoms with Crippen molar-refractivity contribution >= 4 is 34.8 Å². The molecule has 126 valence electrons. The van der Waals surface area contributed by atoms with Crippen LogP contribution < -0.4 is 5.32 Å². The van der Waals surface area contributed by atoms with Crippen molar-refractivity contribution in [1.82, 2.24) is 4.90 Å². The Morgan fingerprint density at radius 3 is 2.46 bits per heavy atom. The van der Waals surface area contributed by atoms with Crippen LogP contribution in [0.25, 0.3) is 0 Å². The van der Waals surface area contributed by atoms with Gasteiger partial charge in [0, 0.05) is 28.2 Å².